The number of carbonyl (C=O) groups excluding carboxylic acids is 3. The summed E-state index contributed by atoms with van der Waals surface area (Å²) in [7, 11) is 0. The van der Waals surface area contributed by atoms with Crippen LogP contribution in [0.15, 0.2) is 42.5 Å². The number of fused-ring (bicyclic) bond motifs is 3. The fourth-order valence-corrected chi connectivity index (χ4v) is 4.95. The highest BCUT2D eigenvalue weighted by atomic mass is 16.2. The summed E-state index contributed by atoms with van der Waals surface area (Å²) in [6, 6.07) is 13.5. The van der Waals surface area contributed by atoms with Gasteiger partial charge in [0.15, 0.2) is 0 Å². The molecule has 2 heterocycles. The number of hydrogen-bond donors (Lipinski definition) is 2. The zero-order valence-electron chi connectivity index (χ0n) is 18.9. The maximum Gasteiger partial charge on any atom is 0.325 e. The lowest BCUT2D eigenvalue weighted by molar-refractivity contribution is -0.134. The van der Waals surface area contributed by atoms with Crippen LogP contribution in [0.2, 0.25) is 0 Å². The number of anilines is 1. The molecule has 3 aromatic rings. The van der Waals surface area contributed by atoms with Crippen LogP contribution in [0.3, 0.4) is 0 Å². The molecule has 1 aliphatic rings. The highest BCUT2D eigenvalue weighted by molar-refractivity contribution is 6.12. The Labute approximate surface area is 187 Å². The molecule has 1 aromatic heterocycles. The highest BCUT2D eigenvalue weighted by Gasteiger charge is 2.50. The molecule has 0 unspecified atom stereocenters. The zero-order valence-corrected chi connectivity index (χ0v) is 18.9. The van der Waals surface area contributed by atoms with Gasteiger partial charge in [-0.3, -0.25) is 14.5 Å². The number of carbonyl (C=O) groups is 3. The van der Waals surface area contributed by atoms with Crippen LogP contribution in [0.1, 0.15) is 46.5 Å². The molecule has 1 fully saturated rings. The van der Waals surface area contributed by atoms with Gasteiger partial charge in [0, 0.05) is 34.0 Å². The van der Waals surface area contributed by atoms with Crippen LogP contribution < -0.4 is 10.6 Å². The minimum absolute atomic E-state index is 0.297. The first-order valence-electron chi connectivity index (χ1n) is 11.4. The van der Waals surface area contributed by atoms with Crippen molar-refractivity contribution in [2.75, 3.05) is 11.9 Å². The van der Waals surface area contributed by atoms with E-state index < -0.39 is 17.5 Å². The van der Waals surface area contributed by atoms with Crippen molar-refractivity contribution in [2.24, 2.45) is 0 Å². The summed E-state index contributed by atoms with van der Waals surface area (Å²) in [6.45, 7) is 6.63. The largest absolute Gasteiger partial charge is 0.341 e. The topological polar surface area (TPSA) is 83.4 Å². The molecule has 32 heavy (non-hydrogen) atoms. The molecule has 4 amide bonds. The van der Waals surface area contributed by atoms with Gasteiger partial charge in [-0.15, -0.1) is 0 Å². The van der Waals surface area contributed by atoms with Crippen molar-refractivity contribution in [1.82, 2.24) is 14.8 Å². The summed E-state index contributed by atoms with van der Waals surface area (Å²) in [4.78, 5) is 39.3. The van der Waals surface area contributed by atoms with Gasteiger partial charge in [0.1, 0.15) is 12.1 Å². The summed E-state index contributed by atoms with van der Waals surface area (Å²) in [5.74, 6) is -0.696. The Bertz CT molecular complexity index is 1190. The van der Waals surface area contributed by atoms with E-state index in [-0.39, 0.29) is 12.5 Å². The molecular formula is C25H30N4O3. The van der Waals surface area contributed by atoms with Crippen LogP contribution in [0.25, 0.3) is 21.8 Å². The molecule has 168 valence electrons. The molecule has 4 rings (SSSR count). The van der Waals surface area contributed by atoms with E-state index >= 15 is 0 Å². The maximum absolute atomic E-state index is 13.0. The monoisotopic (exact) mass is 434 g/mol. The first kappa shape index (κ1) is 21.9. The van der Waals surface area contributed by atoms with E-state index in [2.05, 4.69) is 34.3 Å². The number of urea groups is 1. The van der Waals surface area contributed by atoms with E-state index in [4.69, 9.17) is 0 Å². The molecular weight excluding hydrogens is 404 g/mol. The average molecular weight is 435 g/mol. The molecule has 0 bridgehead atoms. The zero-order chi connectivity index (χ0) is 22.9. The normalized spacial score (nSPS) is 15.5. The maximum atomic E-state index is 13.0. The molecule has 1 saturated heterocycles. The van der Waals surface area contributed by atoms with E-state index in [1.165, 1.54) is 0 Å². The second kappa shape index (κ2) is 8.65. The van der Waals surface area contributed by atoms with Gasteiger partial charge < -0.3 is 15.2 Å². The standard InChI is InChI=1S/C25H30N4O3/c1-4-13-25(14-5-2)23(31)29(24(32)27-25)16-22(30)26-17-11-12-21-19(15-17)18-9-7-8-10-20(18)28(21)6-3/h7-12,15H,4-6,13-14,16H2,1-3H3,(H,26,30)(H,27,32). The fraction of sp³-hybridized carbons (Fsp3) is 0.400. The Morgan fingerprint density at radius 1 is 0.969 bits per heavy atom. The number of aromatic nitrogens is 1. The van der Waals surface area contributed by atoms with E-state index in [0.717, 1.165) is 46.1 Å². The molecule has 0 spiro atoms. The van der Waals surface area contributed by atoms with Gasteiger partial charge in [0.2, 0.25) is 5.91 Å². The minimum atomic E-state index is -0.887. The number of benzene rings is 2. The van der Waals surface area contributed by atoms with Crippen molar-refractivity contribution < 1.29 is 14.4 Å². The third-order valence-corrected chi connectivity index (χ3v) is 6.27. The van der Waals surface area contributed by atoms with Crippen molar-refractivity contribution in [1.29, 1.82) is 0 Å². The van der Waals surface area contributed by atoms with Crippen LogP contribution in [-0.4, -0.2) is 39.4 Å². The number of amides is 4. The highest BCUT2D eigenvalue weighted by Crippen LogP contribution is 2.31. The number of nitrogens with zero attached hydrogens (tertiary/aromatic N) is 2. The van der Waals surface area contributed by atoms with Crippen LogP contribution in [0.4, 0.5) is 10.5 Å². The Hall–Kier alpha value is -3.35. The second-order valence-corrected chi connectivity index (χ2v) is 8.45. The molecule has 7 heteroatoms. The van der Waals surface area contributed by atoms with Gasteiger partial charge in [-0.2, -0.15) is 0 Å². The van der Waals surface area contributed by atoms with Crippen LogP contribution >= 0.6 is 0 Å². The van der Waals surface area contributed by atoms with Gasteiger partial charge in [-0.1, -0.05) is 44.9 Å². The molecule has 7 nitrogen and oxygen atoms in total. The van der Waals surface area contributed by atoms with Gasteiger partial charge >= 0.3 is 6.03 Å². The van der Waals surface area contributed by atoms with Crippen molar-refractivity contribution in [3.8, 4) is 0 Å². The summed E-state index contributed by atoms with van der Waals surface area (Å²) in [6.07, 6.45) is 2.69. The molecule has 0 radical (unpaired) electrons. The van der Waals surface area contributed by atoms with Crippen LogP contribution in [0.5, 0.6) is 0 Å². The summed E-state index contributed by atoms with van der Waals surface area (Å²) >= 11 is 0. The van der Waals surface area contributed by atoms with E-state index in [1.807, 2.05) is 44.2 Å². The lowest BCUT2D eigenvalue weighted by Crippen LogP contribution is -2.47. The fourth-order valence-electron chi connectivity index (χ4n) is 4.95. The minimum Gasteiger partial charge on any atom is -0.341 e. The van der Waals surface area contributed by atoms with Crippen molar-refractivity contribution in [3.63, 3.8) is 0 Å². The quantitative estimate of drug-likeness (QED) is 0.507. The predicted octanol–water partition coefficient (Wildman–Crippen LogP) is 4.64. The molecule has 2 N–H and O–H groups in total. The third-order valence-electron chi connectivity index (χ3n) is 6.27. The lowest BCUT2D eigenvalue weighted by atomic mass is 9.88. The van der Waals surface area contributed by atoms with Gasteiger partial charge in [0.05, 0.1) is 0 Å². The van der Waals surface area contributed by atoms with Crippen LogP contribution in [-0.2, 0) is 16.1 Å². The molecule has 1 aliphatic heterocycles. The number of imide groups is 1. The average Bonchev–Trinajstić information content (AvgIpc) is 3.21. The first-order valence-corrected chi connectivity index (χ1v) is 11.4. The van der Waals surface area contributed by atoms with Gasteiger partial charge in [0.25, 0.3) is 5.91 Å². The van der Waals surface area contributed by atoms with E-state index in [0.29, 0.717) is 18.5 Å². The number of nitrogens with one attached hydrogen (secondary N) is 2. The molecule has 0 atom stereocenters. The van der Waals surface area contributed by atoms with Crippen LogP contribution in [0, 0.1) is 0 Å². The first-order chi connectivity index (χ1) is 15.4. The Kier molecular flexibility index (Phi) is 5.91. The number of rotatable bonds is 8. The van der Waals surface area contributed by atoms with Crippen molar-refractivity contribution in [2.45, 2.75) is 58.5 Å². The summed E-state index contributed by atoms with van der Waals surface area (Å²) in [5, 5.41) is 7.89. The van der Waals surface area contributed by atoms with Crippen molar-refractivity contribution in [3.05, 3.63) is 42.5 Å². The predicted molar refractivity (Wildman–Crippen MR) is 127 cm³/mol. The second-order valence-electron chi connectivity index (χ2n) is 8.45. The molecule has 0 saturated carbocycles. The SMILES string of the molecule is CCCC1(CCC)NC(=O)N(CC(=O)Nc2ccc3c(c2)c2ccccc2n3CC)C1=O. The Morgan fingerprint density at radius 2 is 1.66 bits per heavy atom. The van der Waals surface area contributed by atoms with Gasteiger partial charge in [-0.05, 0) is 44.0 Å². The van der Waals surface area contributed by atoms with Gasteiger partial charge in [-0.25, -0.2) is 4.79 Å². The third kappa shape index (κ3) is 3.61. The Balaban J connectivity index is 1.55. The smallest absolute Gasteiger partial charge is 0.325 e. The number of para-hydroxylation sites is 1. The van der Waals surface area contributed by atoms with Crippen molar-refractivity contribution >= 4 is 45.3 Å². The Morgan fingerprint density at radius 3 is 2.34 bits per heavy atom. The molecule has 0 aliphatic carbocycles. The summed E-state index contributed by atoms with van der Waals surface area (Å²) in [5.41, 5.74) is 2.00. The molecule has 2 aromatic carbocycles. The number of aryl methyl sites for hydroxylation is 1. The summed E-state index contributed by atoms with van der Waals surface area (Å²) < 4.78 is 2.24. The number of hydrogen-bond acceptors (Lipinski definition) is 3. The van der Waals surface area contributed by atoms with E-state index in [1.54, 1.807) is 0 Å². The lowest BCUT2D eigenvalue weighted by Gasteiger charge is -2.25. The van der Waals surface area contributed by atoms with E-state index in [9.17, 15) is 14.4 Å².